The van der Waals surface area contributed by atoms with E-state index >= 15 is 0 Å². The number of sulfonamides is 1. The van der Waals surface area contributed by atoms with Crippen LogP contribution >= 0.6 is 0 Å². The summed E-state index contributed by atoms with van der Waals surface area (Å²) in [7, 11) is -4.31. The molecule has 0 unspecified atom stereocenters. The van der Waals surface area contributed by atoms with Gasteiger partial charge in [-0.3, -0.25) is 24.0 Å². The van der Waals surface area contributed by atoms with Gasteiger partial charge in [-0.15, -0.1) is 0 Å². The van der Waals surface area contributed by atoms with Crippen LogP contribution in [0.25, 0.3) is 0 Å². The van der Waals surface area contributed by atoms with Crippen LogP contribution in [0, 0.1) is 17.0 Å². The van der Waals surface area contributed by atoms with E-state index in [9.17, 15) is 28.1 Å². The maximum Gasteiger partial charge on any atom is 0.271 e. The lowest BCUT2D eigenvalue weighted by molar-refractivity contribution is -0.384. The fraction of sp³-hybridized carbons (Fsp3) is 0.333. The number of non-ortho nitro benzene ring substituents is 1. The zero-order valence-corrected chi connectivity index (χ0v) is 24.3. The standard InChI is InChI=1S/C30H36N4O6S/c1-4-6-18-31-30(36)28(5-2)32(21-24-13-10-12-23(3)19-24)29(35)22-33(25-14-11-15-26(20-25)34(37)38)41(39,40)27-16-8-7-9-17-27/h7-17,19-20,28H,4-6,18,21-22H2,1-3H3,(H,31,36)/t28-/m1/s1. The van der Waals surface area contributed by atoms with Crippen LogP contribution in [0.2, 0.25) is 0 Å². The molecule has 11 heteroatoms. The van der Waals surface area contributed by atoms with E-state index in [4.69, 9.17) is 0 Å². The van der Waals surface area contributed by atoms with Crippen LogP contribution < -0.4 is 9.62 Å². The number of hydrogen-bond acceptors (Lipinski definition) is 6. The molecule has 3 rings (SSSR count). The number of carbonyl (C=O) groups excluding carboxylic acids is 2. The second-order valence-electron chi connectivity index (χ2n) is 9.68. The number of benzene rings is 3. The van der Waals surface area contributed by atoms with Gasteiger partial charge in [-0.05, 0) is 43.5 Å². The first-order valence-corrected chi connectivity index (χ1v) is 15.0. The average molecular weight is 581 g/mol. The van der Waals surface area contributed by atoms with Gasteiger partial charge in [0.2, 0.25) is 11.8 Å². The number of nitro benzene ring substituents is 1. The summed E-state index contributed by atoms with van der Waals surface area (Å²) in [6.07, 6.45) is 1.97. The Morgan fingerprint density at radius 2 is 1.68 bits per heavy atom. The number of nitrogens with one attached hydrogen (secondary N) is 1. The normalized spacial score (nSPS) is 11.9. The van der Waals surface area contributed by atoms with E-state index in [0.29, 0.717) is 13.0 Å². The minimum atomic E-state index is -4.31. The minimum absolute atomic E-state index is 0.0349. The zero-order valence-electron chi connectivity index (χ0n) is 23.5. The van der Waals surface area contributed by atoms with Gasteiger partial charge < -0.3 is 10.2 Å². The summed E-state index contributed by atoms with van der Waals surface area (Å²) in [5.74, 6) is -0.940. The van der Waals surface area contributed by atoms with Gasteiger partial charge in [0.05, 0.1) is 15.5 Å². The summed E-state index contributed by atoms with van der Waals surface area (Å²) in [6, 6.07) is 19.4. The number of hydrogen-bond donors (Lipinski definition) is 1. The summed E-state index contributed by atoms with van der Waals surface area (Å²) < 4.78 is 28.5. The Kier molecular flexibility index (Phi) is 11.0. The number of unbranched alkanes of at least 4 members (excludes halogenated alkanes) is 1. The molecule has 10 nitrogen and oxygen atoms in total. The van der Waals surface area contributed by atoms with E-state index in [2.05, 4.69) is 5.32 Å². The maximum atomic E-state index is 14.1. The van der Waals surface area contributed by atoms with E-state index in [0.717, 1.165) is 34.3 Å². The molecule has 1 atom stereocenters. The van der Waals surface area contributed by atoms with Crippen molar-refractivity contribution in [2.24, 2.45) is 0 Å². The third-order valence-corrected chi connectivity index (χ3v) is 8.38. The predicted octanol–water partition coefficient (Wildman–Crippen LogP) is 4.82. The van der Waals surface area contributed by atoms with E-state index in [1.54, 1.807) is 25.1 Å². The van der Waals surface area contributed by atoms with Crippen molar-refractivity contribution >= 4 is 33.2 Å². The Balaban J connectivity index is 2.07. The smallest absolute Gasteiger partial charge is 0.271 e. The minimum Gasteiger partial charge on any atom is -0.354 e. The van der Waals surface area contributed by atoms with Crippen LogP contribution in [0.5, 0.6) is 0 Å². The molecule has 0 bridgehead atoms. The highest BCUT2D eigenvalue weighted by atomic mass is 32.2. The molecule has 0 aliphatic carbocycles. The third kappa shape index (κ3) is 8.14. The van der Waals surface area contributed by atoms with Gasteiger partial charge >= 0.3 is 0 Å². The van der Waals surface area contributed by atoms with Crippen molar-refractivity contribution in [2.45, 2.75) is 57.5 Å². The molecule has 0 saturated heterocycles. The van der Waals surface area contributed by atoms with Gasteiger partial charge in [0, 0.05) is 25.2 Å². The van der Waals surface area contributed by atoms with Crippen molar-refractivity contribution in [1.82, 2.24) is 10.2 Å². The molecule has 0 spiro atoms. The molecular formula is C30H36N4O6S. The number of carbonyl (C=O) groups is 2. The highest BCUT2D eigenvalue weighted by molar-refractivity contribution is 7.92. The molecular weight excluding hydrogens is 544 g/mol. The van der Waals surface area contributed by atoms with Crippen molar-refractivity contribution in [3.05, 3.63) is 100 Å². The lowest BCUT2D eigenvalue weighted by Gasteiger charge is -2.33. The van der Waals surface area contributed by atoms with Crippen LogP contribution in [0.4, 0.5) is 11.4 Å². The summed E-state index contributed by atoms with van der Waals surface area (Å²) in [4.78, 5) is 39.5. The molecule has 0 heterocycles. The van der Waals surface area contributed by atoms with E-state index in [1.165, 1.54) is 35.2 Å². The molecule has 0 fully saturated rings. The second-order valence-corrected chi connectivity index (χ2v) is 11.5. The Labute approximate surface area is 241 Å². The number of amides is 2. The second kappa shape index (κ2) is 14.4. The lowest BCUT2D eigenvalue weighted by Crippen LogP contribution is -2.52. The molecule has 41 heavy (non-hydrogen) atoms. The Morgan fingerprint density at radius 3 is 2.32 bits per heavy atom. The van der Waals surface area contributed by atoms with Gasteiger partial charge in [0.1, 0.15) is 12.6 Å². The molecule has 0 saturated carbocycles. The molecule has 0 aliphatic heterocycles. The SMILES string of the molecule is CCCCNC(=O)[C@@H](CC)N(Cc1cccc(C)c1)C(=O)CN(c1cccc([N+](=O)[O-])c1)S(=O)(=O)c1ccccc1. The van der Waals surface area contributed by atoms with Crippen molar-refractivity contribution in [3.63, 3.8) is 0 Å². The van der Waals surface area contributed by atoms with Gasteiger partial charge in [-0.25, -0.2) is 8.42 Å². The number of rotatable bonds is 14. The van der Waals surface area contributed by atoms with Crippen LogP contribution in [-0.4, -0.2) is 49.2 Å². The van der Waals surface area contributed by atoms with E-state index in [-0.39, 0.29) is 28.7 Å². The number of nitro groups is 1. The molecule has 0 aliphatic rings. The number of anilines is 1. The fourth-order valence-corrected chi connectivity index (χ4v) is 5.87. The summed E-state index contributed by atoms with van der Waals surface area (Å²) in [5, 5.41) is 14.4. The Hall–Kier alpha value is -4.25. The summed E-state index contributed by atoms with van der Waals surface area (Å²) >= 11 is 0. The van der Waals surface area contributed by atoms with Gasteiger partial charge in [-0.1, -0.05) is 74.4 Å². The molecule has 2 amide bonds. The molecule has 3 aromatic rings. The zero-order chi connectivity index (χ0) is 30.0. The molecule has 218 valence electrons. The van der Waals surface area contributed by atoms with E-state index in [1.807, 2.05) is 38.1 Å². The molecule has 1 N–H and O–H groups in total. The largest absolute Gasteiger partial charge is 0.354 e. The maximum absolute atomic E-state index is 14.1. The molecule has 3 aromatic carbocycles. The van der Waals surface area contributed by atoms with Crippen molar-refractivity contribution in [2.75, 3.05) is 17.4 Å². The van der Waals surface area contributed by atoms with Crippen LogP contribution in [0.1, 0.15) is 44.2 Å². The number of aryl methyl sites for hydroxylation is 1. The Bertz CT molecular complexity index is 1460. The van der Waals surface area contributed by atoms with Gasteiger partial charge in [0.25, 0.3) is 15.7 Å². The van der Waals surface area contributed by atoms with Crippen LogP contribution in [0.3, 0.4) is 0 Å². The fourth-order valence-electron chi connectivity index (χ4n) is 4.44. The Morgan fingerprint density at radius 1 is 0.976 bits per heavy atom. The predicted molar refractivity (Wildman–Crippen MR) is 158 cm³/mol. The van der Waals surface area contributed by atoms with Crippen molar-refractivity contribution < 1.29 is 22.9 Å². The van der Waals surface area contributed by atoms with Gasteiger partial charge in [0.15, 0.2) is 0 Å². The highest BCUT2D eigenvalue weighted by Gasteiger charge is 2.34. The van der Waals surface area contributed by atoms with Gasteiger partial charge in [-0.2, -0.15) is 0 Å². The lowest BCUT2D eigenvalue weighted by atomic mass is 10.1. The summed E-state index contributed by atoms with van der Waals surface area (Å²) in [5.41, 5.74) is 1.40. The molecule has 0 radical (unpaired) electrons. The van der Waals surface area contributed by atoms with Crippen LogP contribution in [-0.2, 0) is 26.2 Å². The average Bonchev–Trinajstić information content (AvgIpc) is 2.96. The third-order valence-electron chi connectivity index (χ3n) is 6.59. The first kappa shape index (κ1) is 31.3. The quantitative estimate of drug-likeness (QED) is 0.165. The first-order chi connectivity index (χ1) is 19.6. The first-order valence-electron chi connectivity index (χ1n) is 13.5. The van der Waals surface area contributed by atoms with Crippen molar-refractivity contribution in [1.29, 1.82) is 0 Å². The number of nitrogens with zero attached hydrogens (tertiary/aromatic N) is 3. The topological polar surface area (TPSA) is 130 Å². The summed E-state index contributed by atoms with van der Waals surface area (Å²) in [6.45, 7) is 5.59. The monoisotopic (exact) mass is 580 g/mol. The van der Waals surface area contributed by atoms with Crippen molar-refractivity contribution in [3.8, 4) is 0 Å². The van der Waals surface area contributed by atoms with Crippen LogP contribution in [0.15, 0.2) is 83.8 Å². The highest BCUT2D eigenvalue weighted by Crippen LogP contribution is 2.27. The van der Waals surface area contributed by atoms with E-state index < -0.39 is 33.4 Å². The molecule has 0 aromatic heterocycles.